The van der Waals surface area contributed by atoms with Gasteiger partial charge in [0.05, 0.1) is 0 Å². The number of likely N-dealkylation sites (tertiary alicyclic amines) is 2. The zero-order chi connectivity index (χ0) is 18.6. The Morgan fingerprint density at radius 3 is 2.33 bits per heavy atom. The normalized spacial score (nSPS) is 21.5. The van der Waals surface area contributed by atoms with Gasteiger partial charge in [0.2, 0.25) is 0 Å². The van der Waals surface area contributed by atoms with Gasteiger partial charge in [0.15, 0.2) is 0 Å². The molecule has 1 aromatic heterocycles. The van der Waals surface area contributed by atoms with Crippen LogP contribution in [0.5, 0.6) is 0 Å². The van der Waals surface area contributed by atoms with Crippen LogP contribution in [0.3, 0.4) is 0 Å². The van der Waals surface area contributed by atoms with Gasteiger partial charge in [0, 0.05) is 49.2 Å². The second kappa shape index (κ2) is 8.41. The van der Waals surface area contributed by atoms with E-state index in [-0.39, 0.29) is 5.91 Å². The van der Waals surface area contributed by atoms with Crippen LogP contribution in [-0.4, -0.2) is 46.9 Å². The Hall–Kier alpha value is -1.91. The fourth-order valence-electron chi connectivity index (χ4n) is 4.49. The van der Waals surface area contributed by atoms with E-state index in [9.17, 15) is 4.79 Å². The third-order valence-corrected chi connectivity index (χ3v) is 6.30. The van der Waals surface area contributed by atoms with E-state index in [2.05, 4.69) is 22.0 Å². The highest BCUT2D eigenvalue weighted by Crippen LogP contribution is 2.32. The molecule has 0 aliphatic carbocycles. The molecule has 2 fully saturated rings. The number of carbonyl (C=O) groups excluding carboxylic acids is 1. The quantitative estimate of drug-likeness (QED) is 0.797. The van der Waals surface area contributed by atoms with E-state index in [0.717, 1.165) is 54.9 Å². The molecule has 0 saturated carbocycles. The summed E-state index contributed by atoms with van der Waals surface area (Å²) in [6.45, 7) is 5.10. The highest BCUT2D eigenvalue weighted by Gasteiger charge is 2.33. The van der Waals surface area contributed by atoms with Gasteiger partial charge in [-0.1, -0.05) is 23.7 Å². The van der Waals surface area contributed by atoms with Crippen molar-refractivity contribution in [3.8, 4) is 0 Å². The van der Waals surface area contributed by atoms with Gasteiger partial charge in [-0.2, -0.15) is 0 Å². The summed E-state index contributed by atoms with van der Waals surface area (Å²) in [4.78, 5) is 21.1. The molecular formula is C22H26ClN3O. The van der Waals surface area contributed by atoms with E-state index < -0.39 is 0 Å². The fraction of sp³-hybridized carbons (Fsp3) is 0.455. The van der Waals surface area contributed by atoms with E-state index in [1.165, 1.54) is 25.1 Å². The molecule has 1 aromatic carbocycles. The Morgan fingerprint density at radius 1 is 0.963 bits per heavy atom. The summed E-state index contributed by atoms with van der Waals surface area (Å²) in [6.07, 6.45) is 6.89. The third kappa shape index (κ3) is 4.50. The molecule has 142 valence electrons. The minimum Gasteiger partial charge on any atom is -0.339 e. The summed E-state index contributed by atoms with van der Waals surface area (Å²) < 4.78 is 0. The van der Waals surface area contributed by atoms with Gasteiger partial charge in [0.1, 0.15) is 0 Å². The van der Waals surface area contributed by atoms with Crippen LogP contribution < -0.4 is 0 Å². The SMILES string of the molecule is O=C(c1ccncc1)N1CCC(C2CCN(Cc3ccc(Cl)cc3)C2)CC1. The molecule has 3 heterocycles. The molecule has 1 amide bonds. The van der Waals surface area contributed by atoms with Crippen molar-refractivity contribution in [2.75, 3.05) is 26.2 Å². The molecule has 4 nitrogen and oxygen atoms in total. The van der Waals surface area contributed by atoms with E-state index in [4.69, 9.17) is 11.6 Å². The van der Waals surface area contributed by atoms with Gasteiger partial charge in [-0.3, -0.25) is 14.7 Å². The fourth-order valence-corrected chi connectivity index (χ4v) is 4.62. The lowest BCUT2D eigenvalue weighted by Gasteiger charge is -2.35. The van der Waals surface area contributed by atoms with Gasteiger partial charge in [-0.25, -0.2) is 0 Å². The van der Waals surface area contributed by atoms with Crippen LogP contribution in [0.25, 0.3) is 0 Å². The second-order valence-corrected chi connectivity index (χ2v) is 8.21. The number of amides is 1. The van der Waals surface area contributed by atoms with Gasteiger partial charge < -0.3 is 4.90 Å². The lowest BCUT2D eigenvalue weighted by Crippen LogP contribution is -2.40. The number of aromatic nitrogens is 1. The van der Waals surface area contributed by atoms with Crippen LogP contribution in [0.1, 0.15) is 35.2 Å². The highest BCUT2D eigenvalue weighted by atomic mass is 35.5. The Kier molecular flexibility index (Phi) is 5.74. The Bertz CT molecular complexity index is 757. The number of pyridine rings is 1. The topological polar surface area (TPSA) is 36.4 Å². The van der Waals surface area contributed by atoms with Crippen molar-refractivity contribution in [3.05, 3.63) is 64.9 Å². The summed E-state index contributed by atoms with van der Waals surface area (Å²) in [6, 6.07) is 11.8. The predicted molar refractivity (Wildman–Crippen MR) is 108 cm³/mol. The smallest absolute Gasteiger partial charge is 0.253 e. The molecule has 1 atom stereocenters. The minimum atomic E-state index is 0.145. The Balaban J connectivity index is 1.26. The predicted octanol–water partition coefficient (Wildman–Crippen LogP) is 4.11. The van der Waals surface area contributed by atoms with Gasteiger partial charge in [-0.05, 0) is 67.5 Å². The van der Waals surface area contributed by atoms with Crippen LogP contribution >= 0.6 is 11.6 Å². The highest BCUT2D eigenvalue weighted by molar-refractivity contribution is 6.30. The van der Waals surface area contributed by atoms with Crippen LogP contribution in [0.4, 0.5) is 0 Å². The molecule has 2 aliphatic rings. The number of hydrogen-bond donors (Lipinski definition) is 0. The summed E-state index contributed by atoms with van der Waals surface area (Å²) in [5.41, 5.74) is 2.08. The van der Waals surface area contributed by atoms with E-state index in [1.54, 1.807) is 24.5 Å². The molecule has 2 aliphatic heterocycles. The molecule has 0 spiro atoms. The van der Waals surface area contributed by atoms with Gasteiger partial charge in [-0.15, -0.1) is 0 Å². The van der Waals surface area contributed by atoms with Crippen LogP contribution in [0, 0.1) is 11.8 Å². The Labute approximate surface area is 166 Å². The first-order valence-corrected chi connectivity index (χ1v) is 10.2. The number of rotatable bonds is 4. The molecule has 2 aromatic rings. The van der Waals surface area contributed by atoms with Crippen molar-refractivity contribution in [1.82, 2.24) is 14.8 Å². The first-order chi connectivity index (χ1) is 13.2. The number of benzene rings is 1. The number of hydrogen-bond acceptors (Lipinski definition) is 3. The maximum atomic E-state index is 12.6. The molecule has 2 saturated heterocycles. The van der Waals surface area contributed by atoms with E-state index >= 15 is 0 Å². The molecule has 0 radical (unpaired) electrons. The largest absolute Gasteiger partial charge is 0.339 e. The van der Waals surface area contributed by atoms with Crippen LogP contribution in [0.15, 0.2) is 48.8 Å². The van der Waals surface area contributed by atoms with Crippen molar-refractivity contribution in [2.24, 2.45) is 11.8 Å². The molecule has 5 heteroatoms. The van der Waals surface area contributed by atoms with Gasteiger partial charge in [0.25, 0.3) is 5.91 Å². The first-order valence-electron chi connectivity index (χ1n) is 9.85. The maximum Gasteiger partial charge on any atom is 0.253 e. The van der Waals surface area contributed by atoms with Crippen molar-refractivity contribution >= 4 is 17.5 Å². The zero-order valence-corrected chi connectivity index (χ0v) is 16.3. The third-order valence-electron chi connectivity index (χ3n) is 6.05. The number of piperidine rings is 1. The standard InChI is InChI=1S/C22H26ClN3O/c23-21-3-1-17(2-4-21)15-25-12-7-20(16-25)18-8-13-26(14-9-18)22(27)19-5-10-24-11-6-19/h1-6,10-11,18,20H,7-9,12-16H2. The molecule has 0 bridgehead atoms. The maximum absolute atomic E-state index is 12.6. The average Bonchev–Trinajstić information content (AvgIpc) is 3.18. The van der Waals surface area contributed by atoms with Crippen molar-refractivity contribution in [1.29, 1.82) is 0 Å². The van der Waals surface area contributed by atoms with E-state index in [1.807, 2.05) is 17.0 Å². The molecule has 27 heavy (non-hydrogen) atoms. The van der Waals surface area contributed by atoms with Crippen LogP contribution in [-0.2, 0) is 6.54 Å². The van der Waals surface area contributed by atoms with Crippen molar-refractivity contribution in [3.63, 3.8) is 0 Å². The number of nitrogens with zero attached hydrogens (tertiary/aromatic N) is 3. The monoisotopic (exact) mass is 383 g/mol. The van der Waals surface area contributed by atoms with Crippen molar-refractivity contribution < 1.29 is 4.79 Å². The average molecular weight is 384 g/mol. The Morgan fingerprint density at radius 2 is 1.63 bits per heavy atom. The lowest BCUT2D eigenvalue weighted by atomic mass is 9.83. The number of halogens is 1. The second-order valence-electron chi connectivity index (χ2n) is 7.78. The van der Waals surface area contributed by atoms with E-state index in [0.29, 0.717) is 0 Å². The summed E-state index contributed by atoms with van der Waals surface area (Å²) >= 11 is 5.98. The van der Waals surface area contributed by atoms with Crippen molar-refractivity contribution in [2.45, 2.75) is 25.8 Å². The first kappa shape index (κ1) is 18.5. The number of carbonyl (C=O) groups is 1. The summed E-state index contributed by atoms with van der Waals surface area (Å²) in [5, 5.41) is 0.797. The molecule has 0 N–H and O–H groups in total. The van der Waals surface area contributed by atoms with Crippen LogP contribution in [0.2, 0.25) is 5.02 Å². The minimum absolute atomic E-state index is 0.145. The van der Waals surface area contributed by atoms with Gasteiger partial charge >= 0.3 is 0 Å². The molecule has 4 rings (SSSR count). The summed E-state index contributed by atoms with van der Waals surface area (Å²) in [7, 11) is 0. The lowest BCUT2D eigenvalue weighted by molar-refractivity contribution is 0.0659. The zero-order valence-electron chi connectivity index (χ0n) is 15.6. The summed E-state index contributed by atoms with van der Waals surface area (Å²) in [5.74, 6) is 1.64. The molecule has 1 unspecified atom stereocenters. The molecular weight excluding hydrogens is 358 g/mol.